The topological polar surface area (TPSA) is 159 Å². The van der Waals surface area contributed by atoms with Crippen molar-refractivity contribution < 1.29 is 42.9 Å². The Labute approximate surface area is 335 Å². The summed E-state index contributed by atoms with van der Waals surface area (Å²) in [5, 5.41) is 5.01. The van der Waals surface area contributed by atoms with E-state index in [0.29, 0.717) is 35.6 Å². The maximum atomic E-state index is 13.1. The van der Waals surface area contributed by atoms with Crippen molar-refractivity contribution >= 4 is 36.3 Å². The van der Waals surface area contributed by atoms with Crippen LogP contribution in [0.1, 0.15) is 164 Å². The van der Waals surface area contributed by atoms with Crippen LogP contribution in [0.5, 0.6) is 5.75 Å². The van der Waals surface area contributed by atoms with E-state index in [1.807, 2.05) is 13.8 Å². The molecule has 314 valence electrons. The number of pyridine rings is 1. The number of nitrogens with one attached hydrogen (secondary N) is 2. The van der Waals surface area contributed by atoms with Gasteiger partial charge >= 0.3 is 18.0 Å². The highest BCUT2D eigenvalue weighted by Gasteiger charge is 2.25. The molecule has 0 saturated heterocycles. The molecule has 12 nitrogen and oxygen atoms in total. The second-order valence-corrected chi connectivity index (χ2v) is 14.7. The molecule has 0 radical (unpaired) electrons. The van der Waals surface area contributed by atoms with Crippen molar-refractivity contribution in [3.63, 3.8) is 0 Å². The number of methoxy groups -OCH3 is 1. The largest absolute Gasteiger partial charge is 0.496 e. The van der Waals surface area contributed by atoms with Crippen molar-refractivity contribution in [3.8, 4) is 16.9 Å². The summed E-state index contributed by atoms with van der Waals surface area (Å²) < 4.78 is 20.4. The summed E-state index contributed by atoms with van der Waals surface area (Å²) >= 11 is 0. The Kier molecular flexibility index (Phi) is 26.2. The average Bonchev–Trinajstić information content (AvgIpc) is 4.01. The molecular weight excluding hydrogens is 714 g/mol. The van der Waals surface area contributed by atoms with Gasteiger partial charge in [0.2, 0.25) is 6.79 Å². The number of alkyl carbamates (subject to hydrolysis) is 1. The Hall–Kier alpha value is -4.74. The summed E-state index contributed by atoms with van der Waals surface area (Å²) in [6.45, 7) is 22.6. The van der Waals surface area contributed by atoms with Gasteiger partial charge < -0.3 is 29.6 Å². The summed E-state index contributed by atoms with van der Waals surface area (Å²) in [6, 6.07) is 5.99. The molecular formula is C44H69N3O9. The highest BCUT2D eigenvalue weighted by Crippen LogP contribution is 2.33. The molecule has 0 spiro atoms. The lowest BCUT2D eigenvalue weighted by atomic mass is 9.95. The number of aldehydes is 1. The van der Waals surface area contributed by atoms with Gasteiger partial charge in [-0.3, -0.25) is 14.4 Å². The number of benzene rings is 1. The van der Waals surface area contributed by atoms with Gasteiger partial charge in [-0.15, -0.1) is 0 Å². The summed E-state index contributed by atoms with van der Waals surface area (Å²) in [6.07, 6.45) is 13.6. The predicted molar refractivity (Wildman–Crippen MR) is 223 cm³/mol. The number of aromatic nitrogens is 1. The minimum Gasteiger partial charge on any atom is -0.496 e. The first kappa shape index (κ1) is 51.3. The number of hydrogen-bond acceptors (Lipinski definition) is 10. The van der Waals surface area contributed by atoms with E-state index in [-0.39, 0.29) is 22.5 Å². The van der Waals surface area contributed by atoms with Gasteiger partial charge in [0.05, 0.1) is 7.11 Å². The number of rotatable bonds is 12. The first-order valence-electron chi connectivity index (χ1n) is 20.0. The summed E-state index contributed by atoms with van der Waals surface area (Å²) in [7, 11) is 1.44. The molecule has 2 amide bonds. The lowest BCUT2D eigenvalue weighted by Crippen LogP contribution is -2.36. The van der Waals surface area contributed by atoms with Crippen LogP contribution in [0, 0.1) is 11.8 Å². The lowest BCUT2D eigenvalue weighted by Gasteiger charge is -2.19. The monoisotopic (exact) mass is 784 g/mol. The lowest BCUT2D eigenvalue weighted by molar-refractivity contribution is -0.151. The molecule has 0 atom stereocenters. The molecule has 2 aromatic rings. The number of amides is 2. The van der Waals surface area contributed by atoms with E-state index in [1.165, 1.54) is 70.3 Å². The van der Waals surface area contributed by atoms with Crippen molar-refractivity contribution in [3.05, 3.63) is 53.4 Å². The molecule has 56 heavy (non-hydrogen) atoms. The van der Waals surface area contributed by atoms with Crippen molar-refractivity contribution in [1.82, 2.24) is 15.6 Å². The molecule has 12 heteroatoms. The Balaban J connectivity index is 0.00000171. The van der Waals surface area contributed by atoms with Crippen LogP contribution in [0.15, 0.2) is 30.8 Å². The van der Waals surface area contributed by atoms with Crippen LogP contribution in [-0.2, 0) is 19.0 Å². The molecule has 2 fully saturated rings. The van der Waals surface area contributed by atoms with Crippen LogP contribution in [0.25, 0.3) is 17.2 Å². The first-order chi connectivity index (χ1) is 26.6. The van der Waals surface area contributed by atoms with E-state index >= 15 is 0 Å². The van der Waals surface area contributed by atoms with E-state index in [4.69, 9.17) is 18.9 Å². The SMILES string of the molecule is C1CCCCC1.C=Cc1cc(C=O)c(-c2ccc(C(=O)NCC3CC3)nc2C(=O)OCOC(=O)CNC(=O)OC(C)(C)C)cc1OC.CC.CC(C)C.CCC. The molecule has 2 aliphatic carbocycles. The third-order valence-electron chi connectivity index (χ3n) is 7.29. The van der Waals surface area contributed by atoms with Crippen molar-refractivity contribution in [2.75, 3.05) is 27.0 Å². The van der Waals surface area contributed by atoms with Crippen LogP contribution in [0.4, 0.5) is 4.79 Å². The van der Waals surface area contributed by atoms with Gasteiger partial charge in [0, 0.05) is 23.2 Å². The van der Waals surface area contributed by atoms with Crippen molar-refractivity contribution in [2.45, 2.75) is 133 Å². The summed E-state index contributed by atoms with van der Waals surface area (Å²) in [4.78, 5) is 65.7. The van der Waals surface area contributed by atoms with Gasteiger partial charge in [0.15, 0.2) is 12.0 Å². The van der Waals surface area contributed by atoms with E-state index in [1.54, 1.807) is 32.9 Å². The van der Waals surface area contributed by atoms with Crippen LogP contribution < -0.4 is 15.4 Å². The average molecular weight is 784 g/mol. The molecule has 4 rings (SSSR count). The highest BCUT2D eigenvalue weighted by atomic mass is 16.7. The van der Waals surface area contributed by atoms with Crippen LogP contribution in [0.2, 0.25) is 0 Å². The summed E-state index contributed by atoms with van der Waals surface area (Å²) in [5.74, 6) is -0.746. The Morgan fingerprint density at radius 2 is 1.45 bits per heavy atom. The van der Waals surface area contributed by atoms with Gasteiger partial charge in [0.1, 0.15) is 23.6 Å². The molecule has 0 unspecified atom stereocenters. The quantitative estimate of drug-likeness (QED) is 0.121. The molecule has 0 bridgehead atoms. The van der Waals surface area contributed by atoms with Gasteiger partial charge in [0.25, 0.3) is 5.91 Å². The van der Waals surface area contributed by atoms with Gasteiger partial charge in [-0.1, -0.05) is 106 Å². The first-order valence-corrected chi connectivity index (χ1v) is 20.0. The Bertz CT molecular complexity index is 1490. The number of nitrogens with zero attached hydrogens (tertiary/aromatic N) is 1. The normalized spacial score (nSPS) is 12.8. The standard InChI is InChI=1S/C29H33N3O9.C6H12.C4H10.C3H8.C2H6/c1-6-18-11-19(15-33)21(12-23(18)38-5)20-9-10-22(26(35)30-13-17-7-8-17)32-25(20)27(36)40-16-39-24(34)14-31-28(37)41-29(2,3)4;1-2-4-6-5-3-1;1-4(2)3;1-3-2;1-2/h6,9-12,15,17H,1,7-8,13-14,16H2,2-5H3,(H,30,35)(H,31,37);1-6H2;4H,1-3H3;3H2,1-2H3;1-2H3. The second-order valence-electron chi connectivity index (χ2n) is 14.7. The van der Waals surface area contributed by atoms with Crippen LogP contribution >= 0.6 is 0 Å². The minimum atomic E-state index is -1.02. The number of esters is 2. The molecule has 0 aliphatic heterocycles. The fourth-order valence-corrected chi connectivity index (χ4v) is 4.68. The predicted octanol–water partition coefficient (Wildman–Crippen LogP) is 9.98. The van der Waals surface area contributed by atoms with Gasteiger partial charge in [-0.2, -0.15) is 0 Å². The van der Waals surface area contributed by atoms with Crippen molar-refractivity contribution in [1.29, 1.82) is 0 Å². The zero-order chi connectivity index (χ0) is 42.7. The minimum absolute atomic E-state index is 0.0396. The van der Waals surface area contributed by atoms with E-state index in [0.717, 1.165) is 18.8 Å². The molecule has 2 saturated carbocycles. The second kappa shape index (κ2) is 28.6. The Morgan fingerprint density at radius 1 is 0.893 bits per heavy atom. The maximum Gasteiger partial charge on any atom is 0.408 e. The number of carbonyl (C=O) groups excluding carboxylic acids is 5. The third-order valence-corrected chi connectivity index (χ3v) is 7.29. The number of hydrogen-bond donors (Lipinski definition) is 2. The molecule has 2 aliphatic rings. The highest BCUT2D eigenvalue weighted by molar-refractivity contribution is 6.01. The van der Waals surface area contributed by atoms with Crippen LogP contribution in [-0.4, -0.2) is 67.8 Å². The number of carbonyl (C=O) groups is 5. The maximum absolute atomic E-state index is 13.1. The molecule has 2 N–H and O–H groups in total. The number of ether oxygens (including phenoxy) is 4. The van der Waals surface area contributed by atoms with E-state index in [2.05, 4.69) is 56.8 Å². The van der Waals surface area contributed by atoms with E-state index in [9.17, 15) is 24.0 Å². The summed E-state index contributed by atoms with van der Waals surface area (Å²) in [5.41, 5.74) is 0.163. The smallest absolute Gasteiger partial charge is 0.408 e. The fourth-order valence-electron chi connectivity index (χ4n) is 4.68. The molecule has 1 aromatic carbocycles. The van der Waals surface area contributed by atoms with E-state index < -0.39 is 42.9 Å². The zero-order valence-electron chi connectivity index (χ0n) is 35.9. The Morgan fingerprint density at radius 3 is 1.91 bits per heavy atom. The van der Waals surface area contributed by atoms with Crippen molar-refractivity contribution in [2.24, 2.45) is 11.8 Å². The molecule has 1 heterocycles. The molecule has 1 aromatic heterocycles. The third kappa shape index (κ3) is 22.0. The van der Waals surface area contributed by atoms with Gasteiger partial charge in [-0.05, 0) is 75.3 Å². The van der Waals surface area contributed by atoms with Crippen LogP contribution in [0.3, 0.4) is 0 Å². The zero-order valence-corrected chi connectivity index (χ0v) is 35.9. The van der Waals surface area contributed by atoms with Gasteiger partial charge in [-0.25, -0.2) is 14.6 Å². The fraction of sp³-hybridized carbons (Fsp3) is 0.591.